The van der Waals surface area contributed by atoms with Crippen molar-refractivity contribution in [2.45, 2.75) is 51.6 Å². The summed E-state index contributed by atoms with van der Waals surface area (Å²) in [6.07, 6.45) is 5.64. The zero-order chi connectivity index (χ0) is 7.61. The molecular formula is C9H18O. The minimum absolute atomic E-state index is 0.231. The minimum atomic E-state index is -0.231. The molecule has 1 fully saturated rings. The maximum absolute atomic E-state index is 9.72. The first-order chi connectivity index (χ1) is 4.73. The molecular weight excluding hydrogens is 124 g/mol. The van der Waals surface area contributed by atoms with E-state index in [2.05, 4.69) is 13.8 Å². The molecule has 0 spiro atoms. The molecule has 1 nitrogen and oxygen atoms in total. The Kier molecular flexibility index (Phi) is 2.35. The van der Waals surface area contributed by atoms with E-state index in [1.54, 1.807) is 0 Å². The van der Waals surface area contributed by atoms with Crippen molar-refractivity contribution >= 4 is 0 Å². The van der Waals surface area contributed by atoms with Crippen LogP contribution < -0.4 is 0 Å². The van der Waals surface area contributed by atoms with Crippen molar-refractivity contribution in [3.8, 4) is 0 Å². The van der Waals surface area contributed by atoms with E-state index in [1.165, 1.54) is 12.8 Å². The topological polar surface area (TPSA) is 20.2 Å². The third-order valence-electron chi connectivity index (χ3n) is 2.66. The third-order valence-corrected chi connectivity index (χ3v) is 2.66. The van der Waals surface area contributed by atoms with Crippen LogP contribution in [0.25, 0.3) is 0 Å². The highest BCUT2D eigenvalue weighted by Gasteiger charge is 2.50. The van der Waals surface area contributed by atoms with Gasteiger partial charge >= 0.3 is 0 Å². The molecule has 10 heavy (non-hydrogen) atoms. The van der Waals surface area contributed by atoms with Gasteiger partial charge in [0, 0.05) is 0 Å². The van der Waals surface area contributed by atoms with Crippen molar-refractivity contribution in [2.75, 3.05) is 0 Å². The molecule has 0 aromatic heterocycles. The summed E-state index contributed by atoms with van der Waals surface area (Å²) in [4.78, 5) is 0. The van der Waals surface area contributed by atoms with Gasteiger partial charge in [0.1, 0.15) is 0 Å². The molecule has 1 rings (SSSR count). The van der Waals surface area contributed by atoms with Gasteiger partial charge in [-0.05, 0) is 18.8 Å². The van der Waals surface area contributed by atoms with Gasteiger partial charge in [-0.15, -0.1) is 0 Å². The molecule has 1 aliphatic carbocycles. The van der Waals surface area contributed by atoms with E-state index in [-0.39, 0.29) is 5.60 Å². The van der Waals surface area contributed by atoms with Gasteiger partial charge in [0.15, 0.2) is 0 Å². The molecule has 0 aromatic rings. The zero-order valence-electron chi connectivity index (χ0n) is 7.06. The van der Waals surface area contributed by atoms with E-state index in [9.17, 15) is 5.11 Å². The summed E-state index contributed by atoms with van der Waals surface area (Å²) in [5.41, 5.74) is -0.231. The van der Waals surface area contributed by atoms with E-state index in [1.807, 2.05) is 0 Å². The summed E-state index contributed by atoms with van der Waals surface area (Å²) in [5, 5.41) is 9.72. The fraction of sp³-hybridized carbons (Fsp3) is 1.00. The van der Waals surface area contributed by atoms with Crippen LogP contribution in [-0.2, 0) is 0 Å². The van der Waals surface area contributed by atoms with Crippen molar-refractivity contribution < 1.29 is 5.11 Å². The van der Waals surface area contributed by atoms with Crippen molar-refractivity contribution in [3.63, 3.8) is 0 Å². The van der Waals surface area contributed by atoms with Crippen LogP contribution in [0, 0.1) is 5.92 Å². The number of hydrogen-bond donors (Lipinski definition) is 1. The van der Waals surface area contributed by atoms with E-state index < -0.39 is 0 Å². The van der Waals surface area contributed by atoms with Crippen molar-refractivity contribution in [1.82, 2.24) is 0 Å². The number of unbranched alkanes of at least 4 members (excludes halogenated alkanes) is 1. The molecule has 60 valence electrons. The molecule has 1 saturated carbocycles. The standard InChI is InChI=1S/C9H18O/c1-3-5-6-9(10)7-8(9)4-2/h8,10H,3-7H2,1-2H3. The summed E-state index contributed by atoms with van der Waals surface area (Å²) in [7, 11) is 0. The van der Waals surface area contributed by atoms with Crippen LogP contribution in [0.4, 0.5) is 0 Å². The first-order valence-electron chi connectivity index (χ1n) is 4.45. The van der Waals surface area contributed by atoms with Gasteiger partial charge in [0.2, 0.25) is 0 Å². The predicted molar refractivity (Wildman–Crippen MR) is 42.9 cm³/mol. The highest BCUT2D eigenvalue weighted by Crippen LogP contribution is 2.48. The van der Waals surface area contributed by atoms with Gasteiger partial charge in [0.05, 0.1) is 5.60 Å². The molecule has 1 N–H and O–H groups in total. The Hall–Kier alpha value is -0.0400. The molecule has 0 amide bonds. The molecule has 0 saturated heterocycles. The first-order valence-corrected chi connectivity index (χ1v) is 4.45. The van der Waals surface area contributed by atoms with Crippen molar-refractivity contribution in [3.05, 3.63) is 0 Å². The predicted octanol–water partition coefficient (Wildman–Crippen LogP) is 2.34. The van der Waals surface area contributed by atoms with E-state index in [4.69, 9.17) is 0 Å². The second-order valence-corrected chi connectivity index (χ2v) is 3.52. The molecule has 0 bridgehead atoms. The number of rotatable bonds is 4. The lowest BCUT2D eigenvalue weighted by atomic mass is 10.1. The summed E-state index contributed by atoms with van der Waals surface area (Å²) in [6, 6.07) is 0. The van der Waals surface area contributed by atoms with E-state index in [0.717, 1.165) is 19.3 Å². The minimum Gasteiger partial charge on any atom is -0.390 e. The smallest absolute Gasteiger partial charge is 0.0680 e. The monoisotopic (exact) mass is 142 g/mol. The first kappa shape index (κ1) is 8.06. The number of aliphatic hydroxyl groups is 1. The average Bonchev–Trinajstić information content (AvgIpc) is 2.59. The average molecular weight is 142 g/mol. The van der Waals surface area contributed by atoms with Gasteiger partial charge in [-0.2, -0.15) is 0 Å². The van der Waals surface area contributed by atoms with Gasteiger partial charge in [-0.1, -0.05) is 33.1 Å². The van der Waals surface area contributed by atoms with Crippen LogP contribution in [0.5, 0.6) is 0 Å². The molecule has 1 aliphatic rings. The van der Waals surface area contributed by atoms with Gasteiger partial charge < -0.3 is 5.11 Å². The number of hydrogen-bond acceptors (Lipinski definition) is 1. The highest BCUT2D eigenvalue weighted by atomic mass is 16.3. The lowest BCUT2D eigenvalue weighted by Crippen LogP contribution is -2.09. The Labute approximate surface area is 63.4 Å². The lowest BCUT2D eigenvalue weighted by Gasteiger charge is -2.07. The van der Waals surface area contributed by atoms with E-state index in [0.29, 0.717) is 5.92 Å². The second kappa shape index (κ2) is 2.91. The summed E-state index contributed by atoms with van der Waals surface area (Å²) in [5.74, 6) is 0.624. The SMILES string of the molecule is CCCCC1(O)CC1CC. The Morgan fingerprint density at radius 2 is 2.20 bits per heavy atom. The molecule has 0 aromatic carbocycles. The second-order valence-electron chi connectivity index (χ2n) is 3.52. The molecule has 0 heterocycles. The quantitative estimate of drug-likeness (QED) is 0.638. The zero-order valence-corrected chi connectivity index (χ0v) is 7.06. The molecule has 0 radical (unpaired) electrons. The van der Waals surface area contributed by atoms with E-state index >= 15 is 0 Å². The molecule has 1 heteroatoms. The fourth-order valence-electron chi connectivity index (χ4n) is 1.68. The van der Waals surface area contributed by atoms with Gasteiger partial charge in [-0.3, -0.25) is 0 Å². The van der Waals surface area contributed by atoms with Crippen LogP contribution in [-0.4, -0.2) is 10.7 Å². The fourth-order valence-corrected chi connectivity index (χ4v) is 1.68. The van der Waals surface area contributed by atoms with Gasteiger partial charge in [0.25, 0.3) is 0 Å². The summed E-state index contributed by atoms with van der Waals surface area (Å²) < 4.78 is 0. The van der Waals surface area contributed by atoms with Crippen LogP contribution in [0.2, 0.25) is 0 Å². The molecule has 0 aliphatic heterocycles. The largest absolute Gasteiger partial charge is 0.390 e. The Bertz CT molecular complexity index is 111. The third kappa shape index (κ3) is 1.51. The van der Waals surface area contributed by atoms with Crippen LogP contribution >= 0.6 is 0 Å². The molecule has 2 unspecified atom stereocenters. The van der Waals surface area contributed by atoms with Crippen LogP contribution in [0.1, 0.15) is 46.0 Å². The van der Waals surface area contributed by atoms with Crippen LogP contribution in [0.15, 0.2) is 0 Å². The maximum atomic E-state index is 9.72. The summed E-state index contributed by atoms with van der Waals surface area (Å²) in [6.45, 7) is 4.33. The normalized spacial score (nSPS) is 38.1. The maximum Gasteiger partial charge on any atom is 0.0680 e. The highest BCUT2D eigenvalue weighted by molar-refractivity contribution is 5.01. The lowest BCUT2D eigenvalue weighted by molar-refractivity contribution is 0.117. The Morgan fingerprint density at radius 1 is 1.50 bits per heavy atom. The Balaban J connectivity index is 2.16. The van der Waals surface area contributed by atoms with Crippen molar-refractivity contribution in [2.24, 2.45) is 5.92 Å². The van der Waals surface area contributed by atoms with Gasteiger partial charge in [-0.25, -0.2) is 0 Å². The summed E-state index contributed by atoms with van der Waals surface area (Å²) >= 11 is 0. The van der Waals surface area contributed by atoms with Crippen molar-refractivity contribution in [1.29, 1.82) is 0 Å². The Morgan fingerprint density at radius 3 is 2.60 bits per heavy atom. The molecule has 2 atom stereocenters. The van der Waals surface area contributed by atoms with Crippen LogP contribution in [0.3, 0.4) is 0 Å².